The number of hydrogen-bond donors (Lipinski definition) is 1. The van der Waals surface area contributed by atoms with Crippen LogP contribution in [0.1, 0.15) is 18.1 Å². The number of aromatic nitrogens is 1. The van der Waals surface area contributed by atoms with E-state index < -0.39 is 6.67 Å². The minimum atomic E-state index is -0.470. The maximum atomic E-state index is 11.8. The molecule has 2 rings (SSSR count). The topological polar surface area (TPSA) is 52.6 Å². The number of allylic oxidation sites excluding steroid dienone is 1. The van der Waals surface area contributed by atoms with Crippen LogP contribution >= 0.6 is 0 Å². The Hall–Kier alpha value is -2.44. The van der Waals surface area contributed by atoms with Crippen LogP contribution < -0.4 is 10.1 Å². The van der Waals surface area contributed by atoms with Crippen LogP contribution in [0, 0.1) is 0 Å². The highest BCUT2D eigenvalue weighted by Crippen LogP contribution is 2.20. The van der Waals surface area contributed by atoms with E-state index in [1.54, 1.807) is 6.20 Å². The van der Waals surface area contributed by atoms with Crippen molar-refractivity contribution in [3.8, 4) is 5.88 Å². The number of hydrogen-bond acceptors (Lipinski definition) is 5. The molecule has 0 saturated heterocycles. The van der Waals surface area contributed by atoms with E-state index in [1.807, 2.05) is 19.2 Å². The summed E-state index contributed by atoms with van der Waals surface area (Å²) in [6, 6.07) is 12.1. The van der Waals surface area contributed by atoms with Gasteiger partial charge in [0.1, 0.15) is 13.3 Å². The van der Waals surface area contributed by atoms with Crippen LogP contribution in [-0.4, -0.2) is 51.7 Å². The Morgan fingerprint density at radius 1 is 1.00 bits per heavy atom. The maximum absolute atomic E-state index is 11.8. The van der Waals surface area contributed by atoms with Crippen LogP contribution in [0.25, 0.3) is 11.6 Å². The second kappa shape index (κ2) is 12.0. The van der Waals surface area contributed by atoms with Gasteiger partial charge in [0.05, 0.1) is 26.4 Å². The van der Waals surface area contributed by atoms with Crippen LogP contribution in [0.4, 0.5) is 10.1 Å². The third-order valence-electron chi connectivity index (χ3n) is 3.84. The highest BCUT2D eigenvalue weighted by molar-refractivity contribution is 5.80. The summed E-state index contributed by atoms with van der Waals surface area (Å²) in [5.41, 5.74) is 4.43. The monoisotopic (exact) mass is 374 g/mol. The van der Waals surface area contributed by atoms with Crippen molar-refractivity contribution < 1.29 is 18.6 Å². The maximum Gasteiger partial charge on any atom is 0.213 e. The number of anilines is 1. The van der Waals surface area contributed by atoms with Crippen molar-refractivity contribution in [2.45, 2.75) is 6.92 Å². The summed E-state index contributed by atoms with van der Waals surface area (Å²) in [6.07, 6.45) is 3.87. The van der Waals surface area contributed by atoms with Gasteiger partial charge in [-0.25, -0.2) is 9.37 Å². The summed E-state index contributed by atoms with van der Waals surface area (Å²) in [6.45, 7) is 3.38. The molecule has 0 bridgehead atoms. The summed E-state index contributed by atoms with van der Waals surface area (Å²) >= 11 is 0. The fourth-order valence-corrected chi connectivity index (χ4v) is 2.38. The normalized spacial score (nSPS) is 11.4. The first kappa shape index (κ1) is 20.9. The Morgan fingerprint density at radius 3 is 2.33 bits per heavy atom. The van der Waals surface area contributed by atoms with E-state index >= 15 is 0 Å². The lowest BCUT2D eigenvalue weighted by molar-refractivity contribution is 0.0320. The molecule has 1 aromatic heterocycles. The minimum absolute atomic E-state index is 0.116. The molecule has 1 aromatic carbocycles. The average molecular weight is 374 g/mol. The molecule has 6 heteroatoms. The summed E-state index contributed by atoms with van der Waals surface area (Å²) in [5.74, 6) is 0.556. The second-order valence-electron chi connectivity index (χ2n) is 5.85. The van der Waals surface area contributed by atoms with Crippen LogP contribution in [0.2, 0.25) is 0 Å². The number of benzene rings is 1. The molecule has 5 nitrogen and oxygen atoms in total. The lowest BCUT2D eigenvalue weighted by atomic mass is 10.0. The van der Waals surface area contributed by atoms with E-state index in [1.165, 1.54) is 5.56 Å². The van der Waals surface area contributed by atoms with Gasteiger partial charge in [-0.3, -0.25) is 0 Å². The van der Waals surface area contributed by atoms with Crippen LogP contribution in [-0.2, 0) is 9.47 Å². The molecule has 0 fully saturated rings. The summed E-state index contributed by atoms with van der Waals surface area (Å²) in [4.78, 5) is 4.31. The highest BCUT2D eigenvalue weighted by Gasteiger charge is 1.99. The Bertz CT molecular complexity index is 688. The first-order valence-electron chi connectivity index (χ1n) is 8.99. The summed E-state index contributed by atoms with van der Waals surface area (Å²) < 4.78 is 27.7. The molecule has 0 saturated carbocycles. The Morgan fingerprint density at radius 2 is 1.70 bits per heavy atom. The Labute approximate surface area is 160 Å². The SMILES string of the molecule is CNc1ccc(/C(C)=C/c2ccc(OCCOCCOCCF)nc2)cc1. The predicted molar refractivity (Wildman–Crippen MR) is 107 cm³/mol. The van der Waals surface area contributed by atoms with E-state index in [0.717, 1.165) is 16.8 Å². The van der Waals surface area contributed by atoms with Crippen LogP contribution in [0.3, 0.4) is 0 Å². The molecule has 27 heavy (non-hydrogen) atoms. The standard InChI is InChI=1S/C21H27FN2O3/c1-17(19-4-6-20(23-2)7-5-19)15-18-3-8-21(24-16-18)27-14-13-26-12-11-25-10-9-22/h3-8,15-16,23H,9-14H2,1-2H3/b17-15+. The molecule has 0 aliphatic heterocycles. The number of alkyl halides is 1. The summed E-state index contributed by atoms with van der Waals surface area (Å²) in [7, 11) is 1.91. The third kappa shape index (κ3) is 7.76. The highest BCUT2D eigenvalue weighted by atomic mass is 19.1. The zero-order valence-corrected chi connectivity index (χ0v) is 15.9. The lowest BCUT2D eigenvalue weighted by Crippen LogP contribution is -2.11. The molecule has 0 aliphatic carbocycles. The van der Waals surface area contributed by atoms with Crippen molar-refractivity contribution in [1.82, 2.24) is 4.98 Å². The smallest absolute Gasteiger partial charge is 0.213 e. The van der Waals surface area contributed by atoms with Crippen LogP contribution in [0.5, 0.6) is 5.88 Å². The van der Waals surface area contributed by atoms with Crippen molar-refractivity contribution in [2.24, 2.45) is 0 Å². The number of halogens is 1. The molecule has 146 valence electrons. The van der Waals surface area contributed by atoms with Gasteiger partial charge in [-0.05, 0) is 47.9 Å². The molecule has 0 radical (unpaired) electrons. The quantitative estimate of drug-likeness (QED) is 0.568. The third-order valence-corrected chi connectivity index (χ3v) is 3.84. The van der Waals surface area contributed by atoms with Crippen molar-refractivity contribution in [3.63, 3.8) is 0 Å². The molecule has 0 unspecified atom stereocenters. The largest absolute Gasteiger partial charge is 0.475 e. The molecular formula is C21H27FN2O3. The minimum Gasteiger partial charge on any atom is -0.475 e. The van der Waals surface area contributed by atoms with Crippen LogP contribution in [0.15, 0.2) is 42.6 Å². The molecule has 0 atom stereocenters. The molecule has 0 amide bonds. The second-order valence-corrected chi connectivity index (χ2v) is 5.85. The molecule has 1 heterocycles. The van der Waals surface area contributed by atoms with Crippen molar-refractivity contribution >= 4 is 17.3 Å². The molecule has 0 spiro atoms. The van der Waals surface area contributed by atoms with Crippen molar-refractivity contribution in [1.29, 1.82) is 0 Å². The van der Waals surface area contributed by atoms with E-state index in [4.69, 9.17) is 14.2 Å². The number of ether oxygens (including phenoxy) is 3. The van der Waals surface area contributed by atoms with Gasteiger partial charge in [0.25, 0.3) is 0 Å². The molecule has 2 aromatic rings. The first-order chi connectivity index (χ1) is 13.2. The van der Waals surface area contributed by atoms with E-state index in [0.29, 0.717) is 32.3 Å². The lowest BCUT2D eigenvalue weighted by Gasteiger charge is -2.07. The van der Waals surface area contributed by atoms with E-state index in [-0.39, 0.29) is 6.61 Å². The number of nitrogens with zero attached hydrogens (tertiary/aromatic N) is 1. The van der Waals surface area contributed by atoms with Gasteiger partial charge in [0.15, 0.2) is 0 Å². The zero-order chi connectivity index (χ0) is 19.3. The predicted octanol–water partition coefficient (Wildman–Crippen LogP) is 4.07. The zero-order valence-electron chi connectivity index (χ0n) is 15.9. The van der Waals surface area contributed by atoms with Gasteiger partial charge in [-0.1, -0.05) is 12.1 Å². The van der Waals surface area contributed by atoms with Gasteiger partial charge in [-0.2, -0.15) is 0 Å². The fourth-order valence-electron chi connectivity index (χ4n) is 2.38. The summed E-state index contributed by atoms with van der Waals surface area (Å²) in [5, 5.41) is 3.11. The fraction of sp³-hybridized carbons (Fsp3) is 0.381. The molecule has 0 aliphatic rings. The van der Waals surface area contributed by atoms with Gasteiger partial charge in [0.2, 0.25) is 5.88 Å². The number of pyridine rings is 1. The van der Waals surface area contributed by atoms with Crippen molar-refractivity contribution in [3.05, 3.63) is 53.7 Å². The molecular weight excluding hydrogens is 347 g/mol. The Kier molecular flexibility index (Phi) is 9.30. The molecule has 1 N–H and O–H groups in total. The van der Waals surface area contributed by atoms with Gasteiger partial charge < -0.3 is 19.5 Å². The van der Waals surface area contributed by atoms with E-state index in [2.05, 4.69) is 47.6 Å². The number of rotatable bonds is 12. The van der Waals surface area contributed by atoms with E-state index in [9.17, 15) is 4.39 Å². The Balaban J connectivity index is 1.75. The van der Waals surface area contributed by atoms with Crippen molar-refractivity contribution in [2.75, 3.05) is 52.1 Å². The average Bonchev–Trinajstić information content (AvgIpc) is 2.71. The van der Waals surface area contributed by atoms with Gasteiger partial charge in [0, 0.05) is 25.0 Å². The van der Waals surface area contributed by atoms with Gasteiger partial charge in [-0.15, -0.1) is 0 Å². The first-order valence-corrected chi connectivity index (χ1v) is 8.99. The number of nitrogens with one attached hydrogen (secondary N) is 1. The van der Waals surface area contributed by atoms with Gasteiger partial charge >= 0.3 is 0 Å².